The first kappa shape index (κ1) is 20.4. The van der Waals surface area contributed by atoms with E-state index in [1.165, 1.54) is 0 Å². The summed E-state index contributed by atoms with van der Waals surface area (Å²) in [4.78, 5) is 29.8. The van der Waals surface area contributed by atoms with E-state index < -0.39 is 5.54 Å². The van der Waals surface area contributed by atoms with Crippen molar-refractivity contribution in [2.75, 3.05) is 36.5 Å². The Morgan fingerprint density at radius 1 is 1.10 bits per heavy atom. The van der Waals surface area contributed by atoms with Crippen molar-refractivity contribution in [2.24, 2.45) is 0 Å². The molecule has 2 aliphatic rings. The molecule has 2 aromatic rings. The van der Waals surface area contributed by atoms with Crippen molar-refractivity contribution >= 4 is 23.2 Å². The third kappa shape index (κ3) is 3.79. The van der Waals surface area contributed by atoms with Gasteiger partial charge in [0.15, 0.2) is 0 Å². The Morgan fingerprint density at radius 2 is 1.77 bits per heavy atom. The van der Waals surface area contributed by atoms with E-state index >= 15 is 0 Å². The maximum atomic E-state index is 13.3. The Hall–Kier alpha value is -2.86. The summed E-state index contributed by atoms with van der Waals surface area (Å²) < 4.78 is 5.40. The topological polar surface area (TPSA) is 61.9 Å². The minimum atomic E-state index is -0.904. The monoisotopic (exact) mass is 407 g/mol. The summed E-state index contributed by atoms with van der Waals surface area (Å²) >= 11 is 0. The number of rotatable bonds is 6. The van der Waals surface area contributed by atoms with Crippen LogP contribution in [-0.4, -0.2) is 48.6 Å². The summed E-state index contributed by atoms with van der Waals surface area (Å²) in [5.74, 6) is -0.135. The Bertz CT molecular complexity index is 894. The molecular formula is C24H29N3O3. The van der Waals surface area contributed by atoms with Crippen molar-refractivity contribution < 1.29 is 14.3 Å². The number of anilines is 2. The number of morpholine rings is 1. The van der Waals surface area contributed by atoms with E-state index in [1.807, 2.05) is 68.4 Å². The Kier molecular flexibility index (Phi) is 5.77. The van der Waals surface area contributed by atoms with Crippen molar-refractivity contribution in [3.8, 4) is 0 Å². The number of benzene rings is 2. The van der Waals surface area contributed by atoms with Gasteiger partial charge in [-0.3, -0.25) is 9.59 Å². The molecule has 0 saturated carbocycles. The van der Waals surface area contributed by atoms with Gasteiger partial charge in [0.05, 0.1) is 25.7 Å². The maximum Gasteiger partial charge on any atom is 0.250 e. The molecule has 0 spiro atoms. The second-order valence-electron chi connectivity index (χ2n) is 8.12. The Balaban J connectivity index is 1.48. The zero-order valence-electron chi connectivity index (χ0n) is 17.6. The number of hydrogen-bond donors (Lipinski definition) is 1. The standard InChI is InChI=1S/C24H29N3O3/c1-3-24(2,27-21(17-22(27)28)18-7-5-4-6-8-18)23(29)25-19-9-11-20(12-10-19)26-13-15-30-16-14-26/h4-12,21H,3,13-17H2,1-2H3,(H,25,29). The van der Waals surface area contributed by atoms with Gasteiger partial charge in [-0.25, -0.2) is 0 Å². The number of nitrogens with one attached hydrogen (secondary N) is 1. The molecule has 4 rings (SSSR count). The highest BCUT2D eigenvalue weighted by atomic mass is 16.5. The molecule has 158 valence electrons. The second kappa shape index (κ2) is 8.48. The summed E-state index contributed by atoms with van der Waals surface area (Å²) in [5.41, 5.74) is 2.02. The van der Waals surface area contributed by atoms with Crippen molar-refractivity contribution in [1.29, 1.82) is 0 Å². The third-order valence-corrected chi connectivity index (χ3v) is 6.34. The predicted molar refractivity (Wildman–Crippen MR) is 117 cm³/mol. The fourth-order valence-corrected chi connectivity index (χ4v) is 4.26. The molecule has 0 bridgehead atoms. The lowest BCUT2D eigenvalue weighted by atomic mass is 9.83. The molecule has 2 unspecified atom stereocenters. The highest BCUT2D eigenvalue weighted by Gasteiger charge is 2.51. The van der Waals surface area contributed by atoms with Crippen LogP contribution in [0.15, 0.2) is 54.6 Å². The van der Waals surface area contributed by atoms with E-state index in [2.05, 4.69) is 10.2 Å². The molecule has 30 heavy (non-hydrogen) atoms. The van der Waals surface area contributed by atoms with Crippen LogP contribution in [0.4, 0.5) is 11.4 Å². The van der Waals surface area contributed by atoms with Gasteiger partial charge in [-0.05, 0) is 43.2 Å². The van der Waals surface area contributed by atoms with Gasteiger partial charge in [-0.2, -0.15) is 0 Å². The molecule has 2 atom stereocenters. The fourth-order valence-electron chi connectivity index (χ4n) is 4.26. The quantitative estimate of drug-likeness (QED) is 0.743. The summed E-state index contributed by atoms with van der Waals surface area (Å²) in [6.07, 6.45) is 0.987. The van der Waals surface area contributed by atoms with Gasteiger partial charge < -0.3 is 19.9 Å². The van der Waals surface area contributed by atoms with Crippen LogP contribution in [0.5, 0.6) is 0 Å². The van der Waals surface area contributed by atoms with Crippen LogP contribution < -0.4 is 10.2 Å². The summed E-state index contributed by atoms with van der Waals surface area (Å²) in [5, 5.41) is 3.03. The van der Waals surface area contributed by atoms with Crippen molar-refractivity contribution in [3.05, 3.63) is 60.2 Å². The molecule has 0 radical (unpaired) electrons. The number of hydrogen-bond acceptors (Lipinski definition) is 4. The molecule has 6 heteroatoms. The van der Waals surface area contributed by atoms with Gasteiger partial charge in [0.1, 0.15) is 5.54 Å². The van der Waals surface area contributed by atoms with Crippen LogP contribution >= 0.6 is 0 Å². The number of nitrogens with zero attached hydrogens (tertiary/aromatic N) is 2. The predicted octanol–water partition coefficient (Wildman–Crippen LogP) is 3.60. The van der Waals surface area contributed by atoms with Crippen LogP contribution in [0.25, 0.3) is 0 Å². The molecule has 2 aliphatic heterocycles. The van der Waals surface area contributed by atoms with E-state index in [-0.39, 0.29) is 17.9 Å². The molecule has 2 aromatic carbocycles. The van der Waals surface area contributed by atoms with Crippen LogP contribution in [0.3, 0.4) is 0 Å². The molecular weight excluding hydrogens is 378 g/mol. The first-order valence-corrected chi connectivity index (χ1v) is 10.6. The van der Waals surface area contributed by atoms with Crippen molar-refractivity contribution in [1.82, 2.24) is 4.90 Å². The summed E-state index contributed by atoms with van der Waals surface area (Å²) in [6.45, 7) is 7.03. The number of amides is 2. The molecule has 0 aliphatic carbocycles. The first-order valence-electron chi connectivity index (χ1n) is 10.6. The van der Waals surface area contributed by atoms with E-state index in [9.17, 15) is 9.59 Å². The highest BCUT2D eigenvalue weighted by Crippen LogP contribution is 2.42. The lowest BCUT2D eigenvalue weighted by Gasteiger charge is -2.50. The SMILES string of the molecule is CCC(C)(C(=O)Nc1ccc(N2CCOCC2)cc1)N1C(=O)CC1c1ccccc1. The molecule has 2 fully saturated rings. The maximum absolute atomic E-state index is 13.3. The average molecular weight is 408 g/mol. The molecule has 6 nitrogen and oxygen atoms in total. The fraction of sp³-hybridized carbons (Fsp3) is 0.417. The van der Waals surface area contributed by atoms with Crippen LogP contribution in [0, 0.1) is 0 Å². The summed E-state index contributed by atoms with van der Waals surface area (Å²) in [6, 6.07) is 17.8. The number of ether oxygens (including phenoxy) is 1. The van der Waals surface area contributed by atoms with E-state index in [0.717, 1.165) is 43.2 Å². The lowest BCUT2D eigenvalue weighted by molar-refractivity contribution is -0.162. The van der Waals surface area contributed by atoms with Crippen LogP contribution in [-0.2, 0) is 14.3 Å². The van der Waals surface area contributed by atoms with Gasteiger partial charge in [-0.15, -0.1) is 0 Å². The molecule has 2 amide bonds. The number of carbonyl (C=O) groups is 2. The van der Waals surface area contributed by atoms with Gasteiger partial charge >= 0.3 is 0 Å². The highest BCUT2D eigenvalue weighted by molar-refractivity contribution is 6.01. The van der Waals surface area contributed by atoms with E-state index in [1.54, 1.807) is 4.90 Å². The average Bonchev–Trinajstić information content (AvgIpc) is 2.78. The Morgan fingerprint density at radius 3 is 2.37 bits per heavy atom. The number of carbonyl (C=O) groups excluding carboxylic acids is 2. The molecule has 2 heterocycles. The third-order valence-electron chi connectivity index (χ3n) is 6.34. The number of β-lactam (4-membered cyclic amide) rings is 1. The largest absolute Gasteiger partial charge is 0.378 e. The number of likely N-dealkylation sites (tertiary alicyclic amines) is 1. The van der Waals surface area contributed by atoms with Gasteiger partial charge in [0.2, 0.25) is 11.8 Å². The zero-order valence-corrected chi connectivity index (χ0v) is 17.6. The molecule has 2 saturated heterocycles. The molecule has 1 N–H and O–H groups in total. The van der Waals surface area contributed by atoms with E-state index in [4.69, 9.17) is 4.74 Å². The minimum Gasteiger partial charge on any atom is -0.378 e. The molecule has 0 aromatic heterocycles. The van der Waals surface area contributed by atoms with Crippen LogP contribution in [0.1, 0.15) is 38.3 Å². The van der Waals surface area contributed by atoms with Crippen molar-refractivity contribution in [2.45, 2.75) is 38.3 Å². The second-order valence-corrected chi connectivity index (χ2v) is 8.12. The van der Waals surface area contributed by atoms with Gasteiger partial charge in [-0.1, -0.05) is 37.3 Å². The first-order chi connectivity index (χ1) is 14.5. The zero-order chi connectivity index (χ0) is 21.1. The smallest absolute Gasteiger partial charge is 0.250 e. The Labute approximate surface area is 177 Å². The van der Waals surface area contributed by atoms with Crippen molar-refractivity contribution in [3.63, 3.8) is 0 Å². The lowest BCUT2D eigenvalue weighted by Crippen LogP contribution is -2.63. The van der Waals surface area contributed by atoms with Crippen LogP contribution in [0.2, 0.25) is 0 Å². The minimum absolute atomic E-state index is 0.0195. The van der Waals surface area contributed by atoms with Gasteiger partial charge in [0.25, 0.3) is 0 Å². The van der Waals surface area contributed by atoms with E-state index in [0.29, 0.717) is 12.8 Å². The summed E-state index contributed by atoms with van der Waals surface area (Å²) in [7, 11) is 0. The van der Waals surface area contributed by atoms with Gasteiger partial charge in [0, 0.05) is 24.5 Å². The normalized spacial score (nSPS) is 21.0.